The number of rotatable bonds is 2. The van der Waals surface area contributed by atoms with Crippen LogP contribution in [0.1, 0.15) is 0 Å². The molecule has 9 aromatic rings. The molecule has 0 aliphatic carbocycles. The fraction of sp³-hybridized carbons (Fsp3) is 0. The molecule has 0 saturated heterocycles. The quantitative estimate of drug-likeness (QED) is 0.218. The summed E-state index contributed by atoms with van der Waals surface area (Å²) in [5.41, 5.74) is 10.5. The average Bonchev–Trinajstić information content (AvgIpc) is 3.73. The Hall–Kier alpha value is -5.88. The summed E-state index contributed by atoms with van der Waals surface area (Å²) in [6, 6.07) is 39.7. The Kier molecular flexibility index (Phi) is 4.10. The second-order valence-corrected chi connectivity index (χ2v) is 10.7. The smallest absolute Gasteiger partial charge is 0.246 e. The lowest BCUT2D eigenvalue weighted by Crippen LogP contribution is -2.18. The molecule has 0 fully saturated rings. The Morgan fingerprint density at radius 3 is 2.24 bits per heavy atom. The molecule has 4 aromatic heterocycles. The lowest BCUT2D eigenvalue weighted by atomic mass is 10.1. The Morgan fingerprint density at radius 2 is 1.33 bits per heavy atom. The van der Waals surface area contributed by atoms with Gasteiger partial charge in [0.2, 0.25) is 5.89 Å². The van der Waals surface area contributed by atoms with Gasteiger partial charge in [0.05, 0.1) is 40.0 Å². The van der Waals surface area contributed by atoms with Crippen molar-refractivity contribution in [2.75, 3.05) is 4.90 Å². The van der Waals surface area contributed by atoms with Crippen molar-refractivity contribution < 1.29 is 8.83 Å². The maximum Gasteiger partial charge on any atom is 0.246 e. The molecule has 0 bridgehead atoms. The van der Waals surface area contributed by atoms with Crippen LogP contribution in [0.4, 0.5) is 17.1 Å². The van der Waals surface area contributed by atoms with Gasteiger partial charge in [0.25, 0.3) is 0 Å². The van der Waals surface area contributed by atoms with Crippen molar-refractivity contribution in [3.63, 3.8) is 0 Å². The standard InChI is InChI=1S/C36H20N4O2/c1-3-11-28-22(8-1)24-10-7-14-31-35(24)40(28)30-13-5-4-12-29(30)39(31)21-16-17-26(37-20-21)36-38-27-19-33-25(18-34(27)42-36)23-9-2-6-15-32(23)41-33/h1-20H. The monoisotopic (exact) mass is 540 g/mol. The van der Waals surface area contributed by atoms with E-state index in [0.29, 0.717) is 17.2 Å². The van der Waals surface area contributed by atoms with Gasteiger partial charge < -0.3 is 18.3 Å². The summed E-state index contributed by atoms with van der Waals surface area (Å²) in [6.45, 7) is 0. The van der Waals surface area contributed by atoms with E-state index in [1.165, 1.54) is 21.8 Å². The molecule has 196 valence electrons. The predicted molar refractivity (Wildman–Crippen MR) is 167 cm³/mol. The first-order chi connectivity index (χ1) is 20.8. The highest BCUT2D eigenvalue weighted by atomic mass is 16.4. The van der Waals surface area contributed by atoms with Crippen molar-refractivity contribution in [2.24, 2.45) is 0 Å². The molecular formula is C36H20N4O2. The fourth-order valence-corrected chi connectivity index (χ4v) is 6.58. The van der Waals surface area contributed by atoms with Crippen LogP contribution >= 0.6 is 0 Å². The molecule has 0 unspecified atom stereocenters. The van der Waals surface area contributed by atoms with Crippen molar-refractivity contribution in [1.82, 2.24) is 14.5 Å². The maximum absolute atomic E-state index is 6.22. The number of aromatic nitrogens is 3. The van der Waals surface area contributed by atoms with E-state index >= 15 is 0 Å². The Labute approximate surface area is 238 Å². The normalized spacial score (nSPS) is 12.7. The van der Waals surface area contributed by atoms with E-state index < -0.39 is 0 Å². The second-order valence-electron chi connectivity index (χ2n) is 10.7. The number of oxazole rings is 1. The van der Waals surface area contributed by atoms with Gasteiger partial charge in [-0.2, -0.15) is 0 Å². The van der Waals surface area contributed by atoms with Crippen LogP contribution in [0.15, 0.2) is 130 Å². The Balaban J connectivity index is 1.11. The Bertz CT molecular complexity index is 2530. The minimum atomic E-state index is 0.481. The van der Waals surface area contributed by atoms with Crippen LogP contribution in [-0.2, 0) is 0 Å². The number of fused-ring (bicyclic) bond motifs is 9. The topological polar surface area (TPSA) is 60.2 Å². The molecule has 0 spiro atoms. The summed E-state index contributed by atoms with van der Waals surface area (Å²) < 4.78 is 14.6. The average molecular weight is 541 g/mol. The van der Waals surface area contributed by atoms with Gasteiger partial charge >= 0.3 is 0 Å². The minimum Gasteiger partial charge on any atom is -0.456 e. The molecule has 5 heterocycles. The molecule has 0 N–H and O–H groups in total. The predicted octanol–water partition coefficient (Wildman–Crippen LogP) is 9.67. The summed E-state index contributed by atoms with van der Waals surface area (Å²) >= 11 is 0. The van der Waals surface area contributed by atoms with E-state index in [1.54, 1.807) is 0 Å². The lowest BCUT2D eigenvalue weighted by Gasteiger charge is -2.32. The van der Waals surface area contributed by atoms with Crippen molar-refractivity contribution in [1.29, 1.82) is 0 Å². The van der Waals surface area contributed by atoms with Gasteiger partial charge in [0.1, 0.15) is 22.4 Å². The molecule has 0 atom stereocenters. The summed E-state index contributed by atoms with van der Waals surface area (Å²) in [4.78, 5) is 11.9. The SMILES string of the molecule is c1ccc2c(c1)N(c1ccc(-c3nc4cc5oc6ccccc6c5cc4o3)nc1)c1cccc3c4ccccc4n-2c13. The molecule has 0 saturated carbocycles. The van der Waals surface area contributed by atoms with E-state index in [-0.39, 0.29) is 0 Å². The highest BCUT2D eigenvalue weighted by molar-refractivity contribution is 6.16. The van der Waals surface area contributed by atoms with Crippen LogP contribution < -0.4 is 4.90 Å². The van der Waals surface area contributed by atoms with Crippen LogP contribution in [0.5, 0.6) is 0 Å². The van der Waals surface area contributed by atoms with Crippen molar-refractivity contribution in [3.05, 3.63) is 121 Å². The van der Waals surface area contributed by atoms with Gasteiger partial charge in [-0.1, -0.05) is 60.7 Å². The van der Waals surface area contributed by atoms with Gasteiger partial charge in [0.15, 0.2) is 5.58 Å². The minimum absolute atomic E-state index is 0.481. The first-order valence-corrected chi connectivity index (χ1v) is 13.9. The van der Waals surface area contributed by atoms with Crippen molar-refractivity contribution in [2.45, 2.75) is 0 Å². The first kappa shape index (κ1) is 21.9. The molecular weight excluding hydrogens is 520 g/mol. The third kappa shape index (κ3) is 2.82. The van der Waals surface area contributed by atoms with Crippen LogP contribution in [0.2, 0.25) is 0 Å². The van der Waals surface area contributed by atoms with Crippen LogP contribution in [0.25, 0.3) is 72.1 Å². The van der Waals surface area contributed by atoms with Gasteiger partial charge in [-0.05, 0) is 48.5 Å². The van der Waals surface area contributed by atoms with E-state index in [0.717, 1.165) is 50.2 Å². The van der Waals surface area contributed by atoms with E-state index in [1.807, 2.05) is 42.6 Å². The van der Waals surface area contributed by atoms with E-state index in [4.69, 9.17) is 18.8 Å². The third-order valence-electron chi connectivity index (χ3n) is 8.39. The summed E-state index contributed by atoms with van der Waals surface area (Å²) in [6.07, 6.45) is 1.90. The molecule has 5 aromatic carbocycles. The van der Waals surface area contributed by atoms with Crippen molar-refractivity contribution in [3.8, 4) is 17.3 Å². The van der Waals surface area contributed by atoms with Crippen LogP contribution in [0, 0.1) is 0 Å². The zero-order valence-corrected chi connectivity index (χ0v) is 22.2. The molecule has 0 amide bonds. The Morgan fingerprint density at radius 1 is 0.548 bits per heavy atom. The van der Waals surface area contributed by atoms with Gasteiger partial charge in [-0.15, -0.1) is 0 Å². The fourth-order valence-electron chi connectivity index (χ4n) is 6.58. The summed E-state index contributed by atoms with van der Waals surface area (Å²) in [7, 11) is 0. The zero-order valence-electron chi connectivity index (χ0n) is 22.2. The molecule has 1 aliphatic heterocycles. The lowest BCUT2D eigenvalue weighted by molar-refractivity contribution is 0.617. The molecule has 1 aliphatic rings. The number of furan rings is 1. The van der Waals surface area contributed by atoms with Gasteiger partial charge in [0, 0.05) is 27.6 Å². The number of nitrogens with zero attached hydrogens (tertiary/aromatic N) is 4. The number of para-hydroxylation sites is 5. The molecule has 10 rings (SSSR count). The van der Waals surface area contributed by atoms with Crippen molar-refractivity contribution >= 4 is 71.9 Å². The number of hydrogen-bond acceptors (Lipinski definition) is 5. The number of anilines is 3. The van der Waals surface area contributed by atoms with Gasteiger partial charge in [-0.3, -0.25) is 0 Å². The summed E-state index contributed by atoms with van der Waals surface area (Å²) in [5.74, 6) is 0.481. The molecule has 6 heteroatoms. The third-order valence-corrected chi connectivity index (χ3v) is 8.39. The number of pyridine rings is 1. The molecule has 6 nitrogen and oxygen atoms in total. The van der Waals surface area contributed by atoms with Crippen LogP contribution in [-0.4, -0.2) is 14.5 Å². The maximum atomic E-state index is 6.22. The number of hydrogen-bond donors (Lipinski definition) is 0. The van der Waals surface area contributed by atoms with E-state index in [2.05, 4.69) is 88.3 Å². The zero-order chi connectivity index (χ0) is 27.4. The molecule has 0 radical (unpaired) electrons. The highest BCUT2D eigenvalue weighted by Gasteiger charge is 2.28. The number of benzene rings is 5. The van der Waals surface area contributed by atoms with Gasteiger partial charge in [-0.25, -0.2) is 9.97 Å². The second kappa shape index (κ2) is 7.86. The first-order valence-electron chi connectivity index (χ1n) is 13.9. The van der Waals surface area contributed by atoms with Crippen LogP contribution in [0.3, 0.4) is 0 Å². The largest absolute Gasteiger partial charge is 0.456 e. The highest BCUT2D eigenvalue weighted by Crippen LogP contribution is 2.49. The molecule has 42 heavy (non-hydrogen) atoms. The van der Waals surface area contributed by atoms with E-state index in [9.17, 15) is 0 Å². The summed E-state index contributed by atoms with van der Waals surface area (Å²) in [5, 5.41) is 4.55.